The Kier molecular flexibility index (Phi) is 4.53. The lowest BCUT2D eigenvalue weighted by Crippen LogP contribution is -2.34. The first-order valence-electron chi connectivity index (χ1n) is 5.37. The fraction of sp³-hybridized carbons (Fsp3) is 0.385. The Labute approximate surface area is 107 Å². The predicted molar refractivity (Wildman–Crippen MR) is 68.0 cm³/mol. The van der Waals surface area contributed by atoms with Gasteiger partial charge in [-0.05, 0) is 37.6 Å². The molecule has 0 spiro atoms. The molecule has 1 unspecified atom stereocenters. The van der Waals surface area contributed by atoms with E-state index in [4.69, 9.17) is 16.9 Å². The summed E-state index contributed by atoms with van der Waals surface area (Å²) < 4.78 is 0. The molecule has 17 heavy (non-hydrogen) atoms. The molecular formula is C13H15ClN2O. The number of nitriles is 1. The second-order valence-corrected chi connectivity index (χ2v) is 4.58. The lowest BCUT2D eigenvalue weighted by molar-refractivity contribution is 0.0746. The van der Waals surface area contributed by atoms with E-state index < -0.39 is 0 Å². The molecule has 1 atom stereocenters. The highest BCUT2D eigenvalue weighted by atomic mass is 35.5. The summed E-state index contributed by atoms with van der Waals surface area (Å²) in [5.74, 6) is -0.113. The minimum Gasteiger partial charge on any atom is -0.338 e. The van der Waals surface area contributed by atoms with Crippen molar-refractivity contribution in [3.05, 3.63) is 34.3 Å². The number of amides is 1. The van der Waals surface area contributed by atoms with E-state index in [1.165, 1.54) is 0 Å². The van der Waals surface area contributed by atoms with Gasteiger partial charge in [-0.25, -0.2) is 0 Å². The van der Waals surface area contributed by atoms with Crippen LogP contribution in [-0.2, 0) is 0 Å². The van der Waals surface area contributed by atoms with Crippen molar-refractivity contribution < 1.29 is 4.79 Å². The van der Waals surface area contributed by atoms with Crippen LogP contribution in [0.15, 0.2) is 18.2 Å². The monoisotopic (exact) mass is 250 g/mol. The number of benzene rings is 1. The molecule has 0 radical (unpaired) electrons. The molecule has 0 bridgehead atoms. The number of carbonyl (C=O) groups is 1. The highest BCUT2D eigenvalue weighted by Gasteiger charge is 2.17. The minimum atomic E-state index is -0.113. The molecule has 90 valence electrons. The van der Waals surface area contributed by atoms with E-state index >= 15 is 0 Å². The van der Waals surface area contributed by atoms with E-state index in [-0.39, 0.29) is 11.9 Å². The molecule has 0 aromatic heterocycles. The summed E-state index contributed by atoms with van der Waals surface area (Å²) in [6, 6.07) is 7.20. The zero-order valence-electron chi connectivity index (χ0n) is 10.2. The van der Waals surface area contributed by atoms with Crippen molar-refractivity contribution in [2.45, 2.75) is 26.3 Å². The topological polar surface area (TPSA) is 44.1 Å². The smallest absolute Gasteiger partial charge is 0.253 e. The maximum atomic E-state index is 12.1. The van der Waals surface area contributed by atoms with E-state index in [9.17, 15) is 4.79 Å². The van der Waals surface area contributed by atoms with Crippen LogP contribution in [0, 0.1) is 18.3 Å². The van der Waals surface area contributed by atoms with Gasteiger partial charge in [0.1, 0.15) is 0 Å². The van der Waals surface area contributed by atoms with Crippen molar-refractivity contribution in [2.75, 3.05) is 7.05 Å². The fourth-order valence-electron chi connectivity index (χ4n) is 1.53. The van der Waals surface area contributed by atoms with Crippen LogP contribution in [0.5, 0.6) is 0 Å². The number of rotatable bonds is 3. The van der Waals surface area contributed by atoms with Crippen molar-refractivity contribution >= 4 is 17.5 Å². The van der Waals surface area contributed by atoms with Gasteiger partial charge in [0.05, 0.1) is 12.5 Å². The quantitative estimate of drug-likeness (QED) is 0.828. The van der Waals surface area contributed by atoms with Gasteiger partial charge in [-0.2, -0.15) is 5.26 Å². The molecule has 0 aliphatic rings. The molecule has 0 aliphatic heterocycles. The maximum absolute atomic E-state index is 12.1. The number of hydrogen-bond acceptors (Lipinski definition) is 2. The molecule has 1 amide bonds. The van der Waals surface area contributed by atoms with Gasteiger partial charge >= 0.3 is 0 Å². The first-order valence-corrected chi connectivity index (χ1v) is 5.74. The molecule has 0 N–H and O–H groups in total. The standard InChI is InChI=1S/C13H15ClN2O/c1-9-6-11(8-12(14)7-9)13(17)16(3)10(2)4-5-15/h6-8,10H,4H2,1-3H3. The van der Waals surface area contributed by atoms with Gasteiger partial charge in [-0.1, -0.05) is 11.6 Å². The fourth-order valence-corrected chi connectivity index (χ4v) is 1.82. The molecule has 0 fully saturated rings. The molecule has 0 saturated carbocycles. The van der Waals surface area contributed by atoms with E-state index in [1.54, 1.807) is 30.1 Å². The van der Waals surface area contributed by atoms with Crippen LogP contribution in [0.3, 0.4) is 0 Å². The van der Waals surface area contributed by atoms with Crippen molar-refractivity contribution in [1.29, 1.82) is 5.26 Å². The number of carbonyl (C=O) groups excluding carboxylic acids is 1. The first-order chi connectivity index (χ1) is 7.95. The Morgan fingerprint density at radius 3 is 2.71 bits per heavy atom. The van der Waals surface area contributed by atoms with Crippen LogP contribution in [0.2, 0.25) is 5.02 Å². The van der Waals surface area contributed by atoms with E-state index in [0.717, 1.165) is 5.56 Å². The second kappa shape index (κ2) is 5.70. The maximum Gasteiger partial charge on any atom is 0.253 e. The highest BCUT2D eigenvalue weighted by Crippen LogP contribution is 2.17. The van der Waals surface area contributed by atoms with Gasteiger partial charge in [-0.15, -0.1) is 0 Å². The average molecular weight is 251 g/mol. The number of hydrogen-bond donors (Lipinski definition) is 0. The lowest BCUT2D eigenvalue weighted by Gasteiger charge is -2.23. The van der Waals surface area contributed by atoms with Gasteiger partial charge < -0.3 is 4.90 Å². The number of halogens is 1. The van der Waals surface area contributed by atoms with Crippen LogP contribution in [-0.4, -0.2) is 23.9 Å². The van der Waals surface area contributed by atoms with Gasteiger partial charge in [0.25, 0.3) is 5.91 Å². The van der Waals surface area contributed by atoms with Crippen molar-refractivity contribution in [2.24, 2.45) is 0 Å². The Hall–Kier alpha value is -1.53. The Bertz CT molecular complexity index is 445. The van der Waals surface area contributed by atoms with E-state index in [0.29, 0.717) is 17.0 Å². The van der Waals surface area contributed by atoms with Crippen LogP contribution >= 0.6 is 11.6 Å². The number of nitrogens with zero attached hydrogens (tertiary/aromatic N) is 2. The van der Waals surface area contributed by atoms with Crippen molar-refractivity contribution in [3.63, 3.8) is 0 Å². The van der Waals surface area contributed by atoms with E-state index in [1.807, 2.05) is 13.8 Å². The molecule has 1 rings (SSSR count). The van der Waals surface area contributed by atoms with Crippen LogP contribution in [0.4, 0.5) is 0 Å². The summed E-state index contributed by atoms with van der Waals surface area (Å²) in [4.78, 5) is 13.7. The first kappa shape index (κ1) is 13.5. The zero-order valence-corrected chi connectivity index (χ0v) is 11.0. The summed E-state index contributed by atoms with van der Waals surface area (Å²) >= 11 is 5.92. The predicted octanol–water partition coefficient (Wildman–Crippen LogP) is 3.02. The number of aryl methyl sites for hydroxylation is 1. The zero-order chi connectivity index (χ0) is 13.0. The Morgan fingerprint density at radius 2 is 2.18 bits per heavy atom. The van der Waals surface area contributed by atoms with E-state index in [2.05, 4.69) is 6.07 Å². The largest absolute Gasteiger partial charge is 0.338 e. The van der Waals surface area contributed by atoms with Gasteiger partial charge in [0.15, 0.2) is 0 Å². The molecule has 1 aromatic carbocycles. The van der Waals surface area contributed by atoms with Gasteiger partial charge in [0.2, 0.25) is 0 Å². The molecule has 0 saturated heterocycles. The molecule has 4 heteroatoms. The Morgan fingerprint density at radius 1 is 1.53 bits per heavy atom. The van der Waals surface area contributed by atoms with Crippen molar-refractivity contribution in [3.8, 4) is 6.07 Å². The molecule has 3 nitrogen and oxygen atoms in total. The van der Waals surface area contributed by atoms with Crippen LogP contribution < -0.4 is 0 Å². The molecule has 0 aliphatic carbocycles. The van der Waals surface area contributed by atoms with Crippen molar-refractivity contribution in [1.82, 2.24) is 4.90 Å². The molecule has 0 heterocycles. The summed E-state index contributed by atoms with van der Waals surface area (Å²) in [5, 5.41) is 9.17. The highest BCUT2D eigenvalue weighted by molar-refractivity contribution is 6.31. The SMILES string of the molecule is Cc1cc(Cl)cc(C(=O)N(C)C(C)CC#N)c1. The molecular weight excluding hydrogens is 236 g/mol. The summed E-state index contributed by atoms with van der Waals surface area (Å²) in [6.45, 7) is 3.74. The lowest BCUT2D eigenvalue weighted by atomic mass is 10.1. The van der Waals surface area contributed by atoms with Crippen LogP contribution in [0.25, 0.3) is 0 Å². The third-order valence-corrected chi connectivity index (χ3v) is 2.88. The average Bonchev–Trinajstić information content (AvgIpc) is 2.26. The Balaban J connectivity index is 2.93. The van der Waals surface area contributed by atoms with Crippen LogP contribution in [0.1, 0.15) is 29.3 Å². The summed E-state index contributed by atoms with van der Waals surface area (Å²) in [7, 11) is 1.70. The van der Waals surface area contributed by atoms with Gasteiger partial charge in [0, 0.05) is 23.7 Å². The second-order valence-electron chi connectivity index (χ2n) is 4.14. The third kappa shape index (κ3) is 3.47. The normalized spacial score (nSPS) is 11.7. The minimum absolute atomic E-state index is 0.105. The van der Waals surface area contributed by atoms with Gasteiger partial charge in [-0.3, -0.25) is 4.79 Å². The molecule has 1 aromatic rings. The summed E-state index contributed by atoms with van der Waals surface area (Å²) in [5.41, 5.74) is 1.50. The third-order valence-electron chi connectivity index (χ3n) is 2.66. The summed E-state index contributed by atoms with van der Waals surface area (Å²) in [6.07, 6.45) is 0.321.